The lowest BCUT2D eigenvalue weighted by Gasteiger charge is -2.39. The summed E-state index contributed by atoms with van der Waals surface area (Å²) in [6.07, 6.45) is 0.661. The Morgan fingerprint density at radius 1 is 1.43 bits per heavy atom. The van der Waals surface area contributed by atoms with Gasteiger partial charge in [0.05, 0.1) is 12.0 Å². The Kier molecular flexibility index (Phi) is 5.26. The molecule has 1 aromatic carbocycles. The summed E-state index contributed by atoms with van der Waals surface area (Å²) in [4.78, 5) is 38.3. The van der Waals surface area contributed by atoms with E-state index < -0.39 is 17.9 Å². The smallest absolute Gasteiger partial charge is 0.323 e. The largest absolute Gasteiger partial charge is 0.480 e. The zero-order valence-corrected chi connectivity index (χ0v) is 13.8. The van der Waals surface area contributed by atoms with E-state index >= 15 is 0 Å². The molecule has 2 atom stereocenters. The summed E-state index contributed by atoms with van der Waals surface area (Å²) >= 11 is 6.03. The summed E-state index contributed by atoms with van der Waals surface area (Å²) in [5.41, 5.74) is 0.773. The van der Waals surface area contributed by atoms with Gasteiger partial charge >= 0.3 is 5.97 Å². The van der Waals surface area contributed by atoms with Gasteiger partial charge in [-0.15, -0.1) is 0 Å². The molecule has 1 heterocycles. The first-order valence-electron chi connectivity index (χ1n) is 7.29. The molecule has 0 unspecified atom stereocenters. The van der Waals surface area contributed by atoms with Crippen molar-refractivity contribution in [2.24, 2.45) is 5.92 Å². The second-order valence-corrected chi connectivity index (χ2v) is 6.17. The number of carbonyl (C=O) groups excluding carboxylic acids is 2. The fourth-order valence-corrected chi connectivity index (χ4v) is 3.21. The average molecular weight is 339 g/mol. The summed E-state index contributed by atoms with van der Waals surface area (Å²) < 4.78 is 0. The Hall–Kier alpha value is -2.08. The number of carboxylic acids is 1. The standard InChI is InChI=1S/C16H19ClN2O4/c1-18(9-14(21)22)16(23)12-6-7-13(20)19(2)15(12)10-4-3-5-11(17)8-10/h3-5,8,12,15H,6-7,9H2,1-2H3,(H,21,22)/t12-,15+/m0/s1. The fraction of sp³-hybridized carbons (Fsp3) is 0.438. The van der Waals surface area contributed by atoms with E-state index in [9.17, 15) is 14.4 Å². The maximum atomic E-state index is 12.6. The van der Waals surface area contributed by atoms with Crippen LogP contribution < -0.4 is 0 Å². The van der Waals surface area contributed by atoms with Crippen LogP contribution in [0, 0.1) is 5.92 Å². The molecule has 7 heteroatoms. The first kappa shape index (κ1) is 17.3. The van der Waals surface area contributed by atoms with Crippen LogP contribution in [0.15, 0.2) is 24.3 Å². The van der Waals surface area contributed by atoms with Gasteiger partial charge in [0, 0.05) is 25.5 Å². The number of hydrogen-bond donors (Lipinski definition) is 1. The predicted octanol–water partition coefficient (Wildman–Crippen LogP) is 1.79. The summed E-state index contributed by atoms with van der Waals surface area (Å²) in [5, 5.41) is 9.40. The van der Waals surface area contributed by atoms with Crippen molar-refractivity contribution in [2.75, 3.05) is 20.6 Å². The number of halogens is 1. The van der Waals surface area contributed by atoms with Crippen molar-refractivity contribution < 1.29 is 19.5 Å². The molecule has 1 aliphatic rings. The average Bonchev–Trinajstić information content (AvgIpc) is 2.48. The molecule has 0 saturated carbocycles. The fourth-order valence-electron chi connectivity index (χ4n) is 3.01. The highest BCUT2D eigenvalue weighted by molar-refractivity contribution is 6.30. The number of amides is 2. The molecule has 1 saturated heterocycles. The summed E-state index contributed by atoms with van der Waals surface area (Å²) in [6.45, 7) is -0.366. The molecular weight excluding hydrogens is 320 g/mol. The molecule has 0 aromatic heterocycles. The van der Waals surface area contributed by atoms with Crippen molar-refractivity contribution in [3.63, 3.8) is 0 Å². The highest BCUT2D eigenvalue weighted by Gasteiger charge is 2.40. The third kappa shape index (κ3) is 3.82. The van der Waals surface area contributed by atoms with Crippen molar-refractivity contribution >= 4 is 29.4 Å². The first-order valence-corrected chi connectivity index (χ1v) is 7.67. The van der Waals surface area contributed by atoms with Crippen LogP contribution >= 0.6 is 11.6 Å². The van der Waals surface area contributed by atoms with Crippen molar-refractivity contribution in [2.45, 2.75) is 18.9 Å². The molecule has 1 fully saturated rings. The summed E-state index contributed by atoms with van der Waals surface area (Å²) in [7, 11) is 3.12. The normalized spacial score (nSPS) is 21.2. The van der Waals surface area contributed by atoms with Crippen molar-refractivity contribution in [3.05, 3.63) is 34.9 Å². The number of nitrogens with zero attached hydrogens (tertiary/aromatic N) is 2. The van der Waals surface area contributed by atoms with Gasteiger partial charge in [-0.1, -0.05) is 23.7 Å². The minimum absolute atomic E-state index is 0.0417. The molecule has 0 spiro atoms. The summed E-state index contributed by atoms with van der Waals surface area (Å²) in [6, 6.07) is 6.61. The van der Waals surface area contributed by atoms with Crippen molar-refractivity contribution in [1.29, 1.82) is 0 Å². The second-order valence-electron chi connectivity index (χ2n) is 5.74. The SMILES string of the molecule is CN(CC(=O)O)C(=O)[C@H]1CCC(=O)N(C)[C@@H]1c1cccc(Cl)c1. The van der Waals surface area contributed by atoms with Crippen LogP contribution in [0.4, 0.5) is 0 Å². The number of likely N-dealkylation sites (N-methyl/N-ethyl adjacent to an activating group) is 1. The van der Waals surface area contributed by atoms with E-state index in [1.54, 1.807) is 30.1 Å². The van der Waals surface area contributed by atoms with Gasteiger partial charge in [-0.2, -0.15) is 0 Å². The molecule has 1 N–H and O–H groups in total. The number of aliphatic carboxylic acids is 1. The third-order valence-electron chi connectivity index (χ3n) is 4.12. The van der Waals surface area contributed by atoms with Gasteiger partial charge in [0.15, 0.2) is 0 Å². The lowest BCUT2D eigenvalue weighted by molar-refractivity contribution is -0.150. The maximum Gasteiger partial charge on any atom is 0.323 e. The number of benzene rings is 1. The third-order valence-corrected chi connectivity index (χ3v) is 4.35. The van der Waals surface area contributed by atoms with Gasteiger partial charge in [-0.25, -0.2) is 0 Å². The number of carbonyl (C=O) groups is 3. The van der Waals surface area contributed by atoms with E-state index in [4.69, 9.17) is 16.7 Å². The van der Waals surface area contributed by atoms with Crippen LogP contribution in [0.25, 0.3) is 0 Å². The van der Waals surface area contributed by atoms with E-state index in [1.165, 1.54) is 11.9 Å². The second kappa shape index (κ2) is 7.00. The van der Waals surface area contributed by atoms with Gasteiger partial charge in [-0.05, 0) is 24.1 Å². The molecule has 0 radical (unpaired) electrons. The van der Waals surface area contributed by atoms with Crippen LogP contribution in [0.1, 0.15) is 24.4 Å². The van der Waals surface area contributed by atoms with Gasteiger partial charge in [0.25, 0.3) is 0 Å². The minimum Gasteiger partial charge on any atom is -0.480 e. The Morgan fingerprint density at radius 2 is 2.13 bits per heavy atom. The number of rotatable bonds is 4. The lowest BCUT2D eigenvalue weighted by atomic mass is 9.83. The topological polar surface area (TPSA) is 77.9 Å². The zero-order chi connectivity index (χ0) is 17.1. The highest BCUT2D eigenvalue weighted by atomic mass is 35.5. The minimum atomic E-state index is -1.07. The predicted molar refractivity (Wildman–Crippen MR) is 85.0 cm³/mol. The van der Waals surface area contributed by atoms with Gasteiger partial charge < -0.3 is 14.9 Å². The molecular formula is C16H19ClN2O4. The van der Waals surface area contributed by atoms with E-state index in [2.05, 4.69) is 0 Å². The van der Waals surface area contributed by atoms with E-state index in [1.807, 2.05) is 6.07 Å². The van der Waals surface area contributed by atoms with Crippen molar-refractivity contribution in [1.82, 2.24) is 9.80 Å². The first-order chi connectivity index (χ1) is 10.8. The van der Waals surface area contributed by atoms with Crippen LogP contribution in [0.3, 0.4) is 0 Å². The monoisotopic (exact) mass is 338 g/mol. The number of hydrogen-bond acceptors (Lipinski definition) is 3. The molecule has 23 heavy (non-hydrogen) atoms. The molecule has 124 valence electrons. The molecule has 2 amide bonds. The van der Waals surface area contributed by atoms with E-state index in [0.29, 0.717) is 11.4 Å². The Labute approximate surface area is 139 Å². The molecule has 6 nitrogen and oxygen atoms in total. The highest BCUT2D eigenvalue weighted by Crippen LogP contribution is 2.37. The lowest BCUT2D eigenvalue weighted by Crippen LogP contribution is -2.47. The molecule has 1 aliphatic heterocycles. The van der Waals surface area contributed by atoms with E-state index in [0.717, 1.165) is 5.56 Å². The Bertz CT molecular complexity index is 634. The molecule has 1 aromatic rings. The van der Waals surface area contributed by atoms with E-state index in [-0.39, 0.29) is 24.8 Å². The van der Waals surface area contributed by atoms with Crippen molar-refractivity contribution in [3.8, 4) is 0 Å². The maximum absolute atomic E-state index is 12.6. The summed E-state index contributed by atoms with van der Waals surface area (Å²) in [5.74, 6) is -1.88. The van der Waals surface area contributed by atoms with Crippen LogP contribution in [0.5, 0.6) is 0 Å². The van der Waals surface area contributed by atoms with Gasteiger partial charge in [0.1, 0.15) is 6.54 Å². The van der Waals surface area contributed by atoms with Crippen LogP contribution in [-0.2, 0) is 14.4 Å². The van der Waals surface area contributed by atoms with Gasteiger partial charge in [0.2, 0.25) is 11.8 Å². The number of carboxylic acid groups (broad SMARTS) is 1. The molecule has 0 aliphatic carbocycles. The Balaban J connectivity index is 2.33. The molecule has 0 bridgehead atoms. The molecule has 2 rings (SSSR count). The van der Waals surface area contributed by atoms with Crippen LogP contribution in [0.2, 0.25) is 5.02 Å². The zero-order valence-electron chi connectivity index (χ0n) is 13.0. The quantitative estimate of drug-likeness (QED) is 0.908. The van der Waals surface area contributed by atoms with Gasteiger partial charge in [-0.3, -0.25) is 14.4 Å². The Morgan fingerprint density at radius 3 is 2.74 bits per heavy atom. The number of piperidine rings is 1. The number of likely N-dealkylation sites (tertiary alicyclic amines) is 1. The van der Waals surface area contributed by atoms with Crippen LogP contribution in [-0.4, -0.2) is 53.3 Å².